The predicted octanol–water partition coefficient (Wildman–Crippen LogP) is 2.77. The molecule has 1 aliphatic heterocycles. The van der Waals surface area contributed by atoms with Gasteiger partial charge in [-0.25, -0.2) is 9.37 Å². The summed E-state index contributed by atoms with van der Waals surface area (Å²) in [5.41, 5.74) is 0.712. The lowest BCUT2D eigenvalue weighted by atomic mass is 10.2. The Morgan fingerprint density at radius 3 is 3.14 bits per heavy atom. The van der Waals surface area contributed by atoms with E-state index in [2.05, 4.69) is 10.3 Å². The fourth-order valence-electron chi connectivity index (χ4n) is 2.35. The molecule has 1 N–H and O–H groups in total. The fourth-order valence-corrected chi connectivity index (χ4v) is 3.48. The van der Waals surface area contributed by atoms with Gasteiger partial charge >= 0.3 is 0 Å². The lowest BCUT2D eigenvalue weighted by molar-refractivity contribution is -0.120. The van der Waals surface area contributed by atoms with Crippen molar-refractivity contribution in [2.24, 2.45) is 0 Å². The number of halogens is 1. The first kappa shape index (κ1) is 14.1. The Labute approximate surface area is 126 Å². The minimum atomic E-state index is -0.288. The van der Waals surface area contributed by atoms with Crippen LogP contribution >= 0.6 is 11.8 Å². The van der Waals surface area contributed by atoms with Crippen molar-refractivity contribution in [3.05, 3.63) is 42.5 Å². The predicted molar refractivity (Wildman–Crippen MR) is 80.0 cm³/mol. The minimum absolute atomic E-state index is 0.0614. The van der Waals surface area contributed by atoms with Gasteiger partial charge in [0, 0.05) is 18.9 Å². The van der Waals surface area contributed by atoms with Crippen molar-refractivity contribution in [2.45, 2.75) is 29.7 Å². The summed E-state index contributed by atoms with van der Waals surface area (Å²) in [6, 6.07) is 6.35. The number of hydrogen-bond donors (Lipinski definition) is 1. The van der Waals surface area contributed by atoms with E-state index in [1.54, 1.807) is 18.5 Å². The highest BCUT2D eigenvalue weighted by Crippen LogP contribution is 2.28. The topological polar surface area (TPSA) is 46.9 Å². The molecule has 6 heteroatoms. The summed E-state index contributed by atoms with van der Waals surface area (Å²) < 4.78 is 15.2. The Kier molecular flexibility index (Phi) is 4.24. The molecule has 1 amide bonds. The average molecular weight is 305 g/mol. The van der Waals surface area contributed by atoms with E-state index in [0.717, 1.165) is 25.8 Å². The van der Waals surface area contributed by atoms with Crippen LogP contribution < -0.4 is 5.32 Å². The van der Waals surface area contributed by atoms with Gasteiger partial charge in [0.1, 0.15) is 5.82 Å². The van der Waals surface area contributed by atoms with Crippen LogP contribution in [0, 0.1) is 5.82 Å². The Balaban J connectivity index is 1.84. The van der Waals surface area contributed by atoms with E-state index >= 15 is 0 Å². The van der Waals surface area contributed by atoms with Crippen LogP contribution in [0.4, 0.5) is 4.39 Å². The second kappa shape index (κ2) is 6.30. The highest BCUT2D eigenvalue weighted by Gasteiger charge is 2.23. The van der Waals surface area contributed by atoms with Gasteiger partial charge in [-0.05, 0) is 31.0 Å². The minimum Gasteiger partial charge on any atom is -0.355 e. The summed E-state index contributed by atoms with van der Waals surface area (Å²) in [4.78, 5) is 16.3. The number of nitrogens with zero attached hydrogens (tertiary/aromatic N) is 2. The maximum atomic E-state index is 13.4. The molecule has 0 radical (unpaired) electrons. The van der Waals surface area contributed by atoms with Crippen LogP contribution in [0.15, 0.2) is 41.8 Å². The second-order valence-corrected chi connectivity index (χ2v) is 6.12. The summed E-state index contributed by atoms with van der Waals surface area (Å²) in [5, 5.41) is 3.49. The summed E-state index contributed by atoms with van der Waals surface area (Å²) in [6.07, 6.45) is 6.33. The highest BCUT2D eigenvalue weighted by atomic mass is 32.2. The lowest BCUT2D eigenvalue weighted by Gasteiger charge is -2.13. The number of aromatic nitrogens is 2. The number of amides is 1. The lowest BCUT2D eigenvalue weighted by Crippen LogP contribution is -2.30. The monoisotopic (exact) mass is 305 g/mol. The van der Waals surface area contributed by atoms with Gasteiger partial charge in [-0.15, -0.1) is 0 Å². The van der Waals surface area contributed by atoms with E-state index in [1.165, 1.54) is 23.9 Å². The van der Waals surface area contributed by atoms with E-state index in [9.17, 15) is 9.18 Å². The van der Waals surface area contributed by atoms with Crippen molar-refractivity contribution >= 4 is 17.7 Å². The third kappa shape index (κ3) is 3.26. The molecule has 0 saturated carbocycles. The number of thioether (sulfide) groups is 1. The molecule has 21 heavy (non-hydrogen) atoms. The van der Waals surface area contributed by atoms with Crippen molar-refractivity contribution in [3.8, 4) is 5.69 Å². The molecule has 0 spiro atoms. The summed E-state index contributed by atoms with van der Waals surface area (Å²) in [7, 11) is 0. The molecule has 1 fully saturated rings. The number of benzene rings is 1. The average Bonchev–Trinajstić information content (AvgIpc) is 2.84. The molecule has 4 nitrogen and oxygen atoms in total. The van der Waals surface area contributed by atoms with E-state index in [4.69, 9.17) is 0 Å². The Bertz CT molecular complexity index is 643. The molecule has 2 heterocycles. The number of nitrogens with one attached hydrogen (secondary N) is 1. The van der Waals surface area contributed by atoms with Gasteiger partial charge < -0.3 is 5.32 Å². The molecule has 2 aromatic rings. The first-order valence-electron chi connectivity index (χ1n) is 6.98. The maximum absolute atomic E-state index is 13.4. The standard InChI is InChI=1S/C15H16FN3OS/c16-11-4-3-5-12(10-11)19-9-8-18-15(19)21-13-6-1-2-7-17-14(13)20/h3-5,8-10,13H,1-2,6-7H2,(H,17,20)/t13-/m1/s1. The molecule has 110 valence electrons. The summed E-state index contributed by atoms with van der Waals surface area (Å²) >= 11 is 1.44. The van der Waals surface area contributed by atoms with Crippen molar-refractivity contribution in [3.63, 3.8) is 0 Å². The van der Waals surface area contributed by atoms with E-state index in [0.29, 0.717) is 10.8 Å². The largest absolute Gasteiger partial charge is 0.355 e. The van der Waals surface area contributed by atoms with Crippen LogP contribution in [0.3, 0.4) is 0 Å². The summed E-state index contributed by atoms with van der Waals surface area (Å²) in [5.74, 6) is -0.226. The van der Waals surface area contributed by atoms with Crippen LogP contribution in [-0.4, -0.2) is 27.3 Å². The first-order chi connectivity index (χ1) is 10.2. The SMILES string of the molecule is O=C1NCCCC[C@H]1Sc1nccn1-c1cccc(F)c1. The molecular weight excluding hydrogens is 289 g/mol. The molecule has 3 rings (SSSR count). The molecule has 0 bridgehead atoms. The number of carbonyl (C=O) groups is 1. The third-order valence-corrected chi connectivity index (χ3v) is 4.67. The van der Waals surface area contributed by atoms with Crippen molar-refractivity contribution in [1.82, 2.24) is 14.9 Å². The van der Waals surface area contributed by atoms with Gasteiger partial charge in [0.2, 0.25) is 5.91 Å². The Hall–Kier alpha value is -1.82. The molecule has 1 aromatic carbocycles. The van der Waals surface area contributed by atoms with Gasteiger partial charge in [-0.2, -0.15) is 0 Å². The molecule has 1 atom stereocenters. The number of carbonyl (C=O) groups excluding carboxylic acids is 1. The first-order valence-corrected chi connectivity index (χ1v) is 7.85. The molecule has 1 aliphatic rings. The maximum Gasteiger partial charge on any atom is 0.233 e. The van der Waals surface area contributed by atoms with Crippen molar-refractivity contribution < 1.29 is 9.18 Å². The fraction of sp³-hybridized carbons (Fsp3) is 0.333. The Morgan fingerprint density at radius 1 is 1.38 bits per heavy atom. The van der Waals surface area contributed by atoms with Gasteiger partial charge in [0.25, 0.3) is 0 Å². The normalized spacial score (nSPS) is 19.1. The molecular formula is C15H16FN3OS. The summed E-state index contributed by atoms with van der Waals surface area (Å²) in [6.45, 7) is 0.744. The smallest absolute Gasteiger partial charge is 0.233 e. The second-order valence-electron chi connectivity index (χ2n) is 4.95. The van der Waals surface area contributed by atoms with Gasteiger partial charge in [-0.1, -0.05) is 24.2 Å². The van der Waals surface area contributed by atoms with Crippen LogP contribution in [-0.2, 0) is 4.79 Å². The zero-order valence-electron chi connectivity index (χ0n) is 11.5. The van der Waals surface area contributed by atoms with Crippen molar-refractivity contribution in [1.29, 1.82) is 0 Å². The Morgan fingerprint density at radius 2 is 2.29 bits per heavy atom. The van der Waals surface area contributed by atoms with Gasteiger partial charge in [-0.3, -0.25) is 9.36 Å². The molecule has 1 aromatic heterocycles. The van der Waals surface area contributed by atoms with Crippen LogP contribution in [0.1, 0.15) is 19.3 Å². The van der Waals surface area contributed by atoms with Gasteiger partial charge in [0.15, 0.2) is 5.16 Å². The highest BCUT2D eigenvalue weighted by molar-refractivity contribution is 8.00. The van der Waals surface area contributed by atoms with Crippen LogP contribution in [0.2, 0.25) is 0 Å². The van der Waals surface area contributed by atoms with Gasteiger partial charge in [0.05, 0.1) is 10.9 Å². The number of rotatable bonds is 3. The quantitative estimate of drug-likeness (QED) is 0.948. The molecule has 1 saturated heterocycles. The molecule has 0 aliphatic carbocycles. The van der Waals surface area contributed by atoms with E-state index < -0.39 is 0 Å². The zero-order valence-corrected chi connectivity index (χ0v) is 12.3. The van der Waals surface area contributed by atoms with Crippen LogP contribution in [0.5, 0.6) is 0 Å². The van der Waals surface area contributed by atoms with E-state index in [-0.39, 0.29) is 17.0 Å². The number of imidazole rings is 1. The zero-order chi connectivity index (χ0) is 14.7. The third-order valence-electron chi connectivity index (χ3n) is 3.43. The number of hydrogen-bond acceptors (Lipinski definition) is 3. The van der Waals surface area contributed by atoms with Crippen LogP contribution in [0.25, 0.3) is 5.69 Å². The van der Waals surface area contributed by atoms with E-state index in [1.807, 2.05) is 10.6 Å². The molecule has 0 unspecified atom stereocenters. The van der Waals surface area contributed by atoms with Crippen molar-refractivity contribution in [2.75, 3.05) is 6.54 Å².